The van der Waals surface area contributed by atoms with E-state index in [4.69, 9.17) is 28.9 Å². The molecule has 1 aliphatic heterocycles. The number of nitrogens with two attached hydrogens (primary N) is 1. The molecule has 1 fully saturated rings. The number of nitrogen functional groups attached to an aromatic ring is 1. The van der Waals surface area contributed by atoms with Gasteiger partial charge in [0.15, 0.2) is 5.82 Å². The second kappa shape index (κ2) is 6.10. The average Bonchev–Trinajstić information content (AvgIpc) is 2.57. The quantitative estimate of drug-likeness (QED) is 0.844. The number of piperazine rings is 1. The lowest BCUT2D eigenvalue weighted by atomic mass is 10.3. The van der Waals surface area contributed by atoms with Gasteiger partial charge >= 0.3 is 0 Å². The number of hydrogen-bond donors (Lipinski definition) is 1. The Morgan fingerprint density at radius 1 is 1.00 bits per heavy atom. The first-order chi connectivity index (χ1) is 10.6. The van der Waals surface area contributed by atoms with Gasteiger partial charge in [0, 0.05) is 38.6 Å². The summed E-state index contributed by atoms with van der Waals surface area (Å²) in [4.78, 5) is 16.2. The molecule has 1 aliphatic rings. The summed E-state index contributed by atoms with van der Waals surface area (Å²) in [6, 6.07) is 1.77. The number of nitrogens with zero attached hydrogens (tertiary/aromatic N) is 5. The first kappa shape index (κ1) is 15.1. The second-order valence-corrected chi connectivity index (χ2v) is 5.55. The molecule has 2 N–H and O–H groups in total. The number of halogens is 3. The predicted octanol–water partition coefficient (Wildman–Crippen LogP) is 2.23. The molecule has 2 aromatic heterocycles. The van der Waals surface area contributed by atoms with Crippen molar-refractivity contribution in [1.82, 2.24) is 15.0 Å². The summed E-state index contributed by atoms with van der Waals surface area (Å²) >= 11 is 11.8. The van der Waals surface area contributed by atoms with Gasteiger partial charge in [0.05, 0.1) is 5.69 Å². The van der Waals surface area contributed by atoms with Gasteiger partial charge in [0.25, 0.3) is 0 Å². The van der Waals surface area contributed by atoms with Gasteiger partial charge in [-0.1, -0.05) is 23.2 Å². The van der Waals surface area contributed by atoms with Crippen molar-refractivity contribution < 1.29 is 4.39 Å². The lowest BCUT2D eigenvalue weighted by Crippen LogP contribution is -2.47. The normalized spacial score (nSPS) is 15.2. The summed E-state index contributed by atoms with van der Waals surface area (Å²) in [6.07, 6.45) is 3.39. The highest BCUT2D eigenvalue weighted by Gasteiger charge is 2.24. The molecular weight excluding hydrogens is 330 g/mol. The molecule has 1 saturated heterocycles. The van der Waals surface area contributed by atoms with Crippen LogP contribution in [0, 0.1) is 5.95 Å². The van der Waals surface area contributed by atoms with E-state index >= 15 is 0 Å². The van der Waals surface area contributed by atoms with Crippen LogP contribution in [0.1, 0.15) is 0 Å². The zero-order valence-corrected chi connectivity index (χ0v) is 13.0. The van der Waals surface area contributed by atoms with Crippen molar-refractivity contribution in [1.29, 1.82) is 0 Å². The Kier molecular flexibility index (Phi) is 4.17. The molecule has 0 amide bonds. The van der Waals surface area contributed by atoms with E-state index in [9.17, 15) is 4.39 Å². The smallest absolute Gasteiger partial charge is 0.235 e. The van der Waals surface area contributed by atoms with Crippen molar-refractivity contribution >= 4 is 40.7 Å². The Morgan fingerprint density at radius 2 is 1.59 bits per heavy atom. The Bertz CT molecular complexity index is 676. The van der Waals surface area contributed by atoms with Crippen molar-refractivity contribution in [2.75, 3.05) is 41.7 Å². The second-order valence-electron chi connectivity index (χ2n) is 4.79. The first-order valence-corrected chi connectivity index (χ1v) is 7.40. The highest BCUT2D eigenvalue weighted by molar-refractivity contribution is 6.40. The minimum atomic E-state index is -0.813. The highest BCUT2D eigenvalue weighted by Crippen LogP contribution is 2.36. The minimum absolute atomic E-state index is 0.0136. The lowest BCUT2D eigenvalue weighted by molar-refractivity contribution is 0.575. The number of pyridine rings is 1. The van der Waals surface area contributed by atoms with Crippen LogP contribution in [0.3, 0.4) is 0 Å². The van der Waals surface area contributed by atoms with Gasteiger partial charge in [-0.2, -0.15) is 9.37 Å². The highest BCUT2D eigenvalue weighted by atomic mass is 35.5. The van der Waals surface area contributed by atoms with Gasteiger partial charge in [-0.05, 0) is 6.07 Å². The maximum Gasteiger partial charge on any atom is 0.235 e. The molecule has 3 rings (SSSR count). The monoisotopic (exact) mass is 342 g/mol. The van der Waals surface area contributed by atoms with Crippen LogP contribution < -0.4 is 15.5 Å². The molecule has 9 heteroatoms. The van der Waals surface area contributed by atoms with Crippen LogP contribution in [0.2, 0.25) is 10.0 Å². The van der Waals surface area contributed by atoms with E-state index in [0.717, 1.165) is 0 Å². The molecule has 6 nitrogen and oxygen atoms in total. The van der Waals surface area contributed by atoms with Crippen LogP contribution in [-0.4, -0.2) is 41.1 Å². The van der Waals surface area contributed by atoms with Gasteiger partial charge in [-0.25, -0.2) is 9.97 Å². The molecular formula is C13H13Cl2FN6. The third kappa shape index (κ3) is 2.74. The number of hydrogen-bond acceptors (Lipinski definition) is 6. The zero-order valence-electron chi connectivity index (χ0n) is 11.5. The Balaban J connectivity index is 1.77. The van der Waals surface area contributed by atoms with E-state index in [1.54, 1.807) is 18.5 Å². The van der Waals surface area contributed by atoms with Crippen LogP contribution in [0.15, 0.2) is 18.5 Å². The summed E-state index contributed by atoms with van der Waals surface area (Å²) in [5.41, 5.74) is 5.72. The maximum absolute atomic E-state index is 13.7. The van der Waals surface area contributed by atoms with E-state index in [1.165, 1.54) is 0 Å². The fourth-order valence-electron chi connectivity index (χ4n) is 2.30. The Labute approximate surface area is 136 Å². The molecule has 0 saturated carbocycles. The van der Waals surface area contributed by atoms with Gasteiger partial charge in [0.1, 0.15) is 10.0 Å². The minimum Gasteiger partial charge on any atom is -0.396 e. The van der Waals surface area contributed by atoms with Crippen molar-refractivity contribution in [3.63, 3.8) is 0 Å². The third-order valence-corrected chi connectivity index (χ3v) is 4.20. The van der Waals surface area contributed by atoms with Crippen molar-refractivity contribution in [3.8, 4) is 0 Å². The average molecular weight is 343 g/mol. The van der Waals surface area contributed by atoms with Crippen LogP contribution in [0.4, 0.5) is 21.8 Å². The molecule has 0 radical (unpaired) electrons. The van der Waals surface area contributed by atoms with Gasteiger partial charge in [0.2, 0.25) is 11.9 Å². The van der Waals surface area contributed by atoms with E-state index in [2.05, 4.69) is 15.0 Å². The van der Waals surface area contributed by atoms with Crippen molar-refractivity contribution in [2.24, 2.45) is 0 Å². The number of anilines is 3. The molecule has 0 spiro atoms. The van der Waals surface area contributed by atoms with E-state index in [0.29, 0.717) is 37.9 Å². The maximum atomic E-state index is 13.7. The SMILES string of the molecule is Nc1c(Cl)c(F)nc(N2CCN(c3ncccn3)CC2)c1Cl. The molecule has 0 bridgehead atoms. The summed E-state index contributed by atoms with van der Waals surface area (Å²) in [5.74, 6) is 0.171. The summed E-state index contributed by atoms with van der Waals surface area (Å²) in [6.45, 7) is 2.55. The molecule has 0 aliphatic carbocycles. The van der Waals surface area contributed by atoms with E-state index in [1.807, 2.05) is 9.80 Å². The lowest BCUT2D eigenvalue weighted by Gasteiger charge is -2.35. The molecule has 0 atom stereocenters. The van der Waals surface area contributed by atoms with Gasteiger partial charge in [-0.15, -0.1) is 0 Å². The van der Waals surface area contributed by atoms with Crippen LogP contribution >= 0.6 is 23.2 Å². The van der Waals surface area contributed by atoms with Gasteiger partial charge in [-0.3, -0.25) is 0 Å². The first-order valence-electron chi connectivity index (χ1n) is 6.65. The van der Waals surface area contributed by atoms with Gasteiger partial charge < -0.3 is 15.5 Å². The molecule has 3 heterocycles. The largest absolute Gasteiger partial charge is 0.396 e. The van der Waals surface area contributed by atoms with Crippen LogP contribution in [0.5, 0.6) is 0 Å². The molecule has 0 aromatic carbocycles. The van der Waals surface area contributed by atoms with Crippen LogP contribution in [-0.2, 0) is 0 Å². The zero-order chi connectivity index (χ0) is 15.7. The molecule has 0 unspecified atom stereocenters. The summed E-state index contributed by atoms with van der Waals surface area (Å²) < 4.78 is 13.7. The van der Waals surface area contributed by atoms with E-state index < -0.39 is 5.95 Å². The topological polar surface area (TPSA) is 71.2 Å². The number of aromatic nitrogens is 3. The summed E-state index contributed by atoms with van der Waals surface area (Å²) in [7, 11) is 0. The van der Waals surface area contributed by atoms with Crippen molar-refractivity contribution in [2.45, 2.75) is 0 Å². The Hall–Kier alpha value is -1.86. The van der Waals surface area contributed by atoms with Crippen LogP contribution in [0.25, 0.3) is 0 Å². The third-order valence-electron chi connectivity index (χ3n) is 3.47. The Morgan fingerprint density at radius 3 is 2.23 bits per heavy atom. The fourth-order valence-corrected chi connectivity index (χ4v) is 2.74. The molecule has 22 heavy (non-hydrogen) atoms. The number of rotatable bonds is 2. The fraction of sp³-hybridized carbons (Fsp3) is 0.308. The molecule has 116 valence electrons. The van der Waals surface area contributed by atoms with Crippen molar-refractivity contribution in [3.05, 3.63) is 34.5 Å². The summed E-state index contributed by atoms with van der Waals surface area (Å²) in [5, 5.41) is -0.0686. The molecule has 2 aromatic rings. The standard InChI is InChI=1S/C13H13Cl2FN6/c14-8-10(17)9(15)12(20-11(8)16)21-4-6-22(7-5-21)13-18-2-1-3-19-13/h1-3H,4-7H2,(H2,17,20). The van der Waals surface area contributed by atoms with E-state index in [-0.39, 0.29) is 15.7 Å². The predicted molar refractivity (Wildman–Crippen MR) is 85.1 cm³/mol.